The predicted molar refractivity (Wildman–Crippen MR) is 104 cm³/mol. The van der Waals surface area contributed by atoms with Gasteiger partial charge >= 0.3 is 5.97 Å². The Morgan fingerprint density at radius 3 is 2.61 bits per heavy atom. The van der Waals surface area contributed by atoms with Crippen molar-refractivity contribution in [2.45, 2.75) is 19.4 Å². The molecule has 146 valence electrons. The van der Waals surface area contributed by atoms with Gasteiger partial charge in [-0.3, -0.25) is 4.79 Å². The van der Waals surface area contributed by atoms with Crippen LogP contribution in [0.5, 0.6) is 5.75 Å². The van der Waals surface area contributed by atoms with Crippen LogP contribution in [0.3, 0.4) is 0 Å². The second-order valence-corrected chi connectivity index (χ2v) is 6.86. The highest BCUT2D eigenvalue weighted by Gasteiger charge is 2.33. The molecule has 0 saturated carbocycles. The summed E-state index contributed by atoms with van der Waals surface area (Å²) >= 11 is 0. The van der Waals surface area contributed by atoms with E-state index in [1.165, 1.54) is 6.20 Å². The summed E-state index contributed by atoms with van der Waals surface area (Å²) in [4.78, 5) is 32.9. The van der Waals surface area contributed by atoms with E-state index in [2.05, 4.69) is 9.88 Å². The third kappa shape index (κ3) is 3.65. The van der Waals surface area contributed by atoms with Crippen molar-refractivity contribution in [3.05, 3.63) is 53.7 Å². The average Bonchev–Trinajstić information content (AvgIpc) is 3.18. The van der Waals surface area contributed by atoms with Gasteiger partial charge in [-0.1, -0.05) is 18.2 Å². The quantitative estimate of drug-likeness (QED) is 0.754. The number of carbonyl (C=O) groups excluding carboxylic acids is 2. The summed E-state index contributed by atoms with van der Waals surface area (Å²) < 4.78 is 10.8. The molecule has 4 rings (SSSR count). The van der Waals surface area contributed by atoms with E-state index in [0.29, 0.717) is 44.8 Å². The Hall–Kier alpha value is -3.09. The first-order valence-corrected chi connectivity index (χ1v) is 9.57. The minimum atomic E-state index is -0.425. The molecule has 28 heavy (non-hydrogen) atoms. The van der Waals surface area contributed by atoms with E-state index in [-0.39, 0.29) is 11.9 Å². The van der Waals surface area contributed by atoms with E-state index in [0.717, 1.165) is 17.1 Å². The SMILES string of the molecule is CCOC(=O)c1ccc(N2CCN(C(=O)C3Cc4ccccc4O3)CC2)nc1. The summed E-state index contributed by atoms with van der Waals surface area (Å²) in [7, 11) is 0. The van der Waals surface area contributed by atoms with Gasteiger partial charge in [-0.25, -0.2) is 9.78 Å². The number of pyridine rings is 1. The van der Waals surface area contributed by atoms with Crippen LogP contribution in [0.1, 0.15) is 22.8 Å². The topological polar surface area (TPSA) is 72.0 Å². The number of aromatic nitrogens is 1. The van der Waals surface area contributed by atoms with E-state index < -0.39 is 6.10 Å². The van der Waals surface area contributed by atoms with Crippen LogP contribution >= 0.6 is 0 Å². The van der Waals surface area contributed by atoms with Crippen molar-refractivity contribution in [2.24, 2.45) is 0 Å². The van der Waals surface area contributed by atoms with E-state index >= 15 is 0 Å². The third-order valence-electron chi connectivity index (χ3n) is 5.10. The maximum absolute atomic E-state index is 12.8. The highest BCUT2D eigenvalue weighted by molar-refractivity contribution is 5.89. The number of nitrogens with zero attached hydrogens (tertiary/aromatic N) is 3. The van der Waals surface area contributed by atoms with Crippen molar-refractivity contribution in [3.8, 4) is 5.75 Å². The lowest BCUT2D eigenvalue weighted by Gasteiger charge is -2.36. The van der Waals surface area contributed by atoms with Crippen LogP contribution in [0, 0.1) is 0 Å². The van der Waals surface area contributed by atoms with E-state index in [9.17, 15) is 9.59 Å². The third-order valence-corrected chi connectivity index (χ3v) is 5.10. The van der Waals surface area contributed by atoms with Crippen molar-refractivity contribution in [2.75, 3.05) is 37.7 Å². The molecule has 0 N–H and O–H groups in total. The van der Waals surface area contributed by atoms with Gasteiger partial charge in [-0.2, -0.15) is 0 Å². The summed E-state index contributed by atoms with van der Waals surface area (Å²) in [6.07, 6.45) is 1.74. The largest absolute Gasteiger partial charge is 0.480 e. The second-order valence-electron chi connectivity index (χ2n) is 6.86. The van der Waals surface area contributed by atoms with E-state index in [1.807, 2.05) is 35.2 Å². The molecule has 1 unspecified atom stereocenters. The van der Waals surface area contributed by atoms with Gasteiger partial charge in [0.05, 0.1) is 12.2 Å². The van der Waals surface area contributed by atoms with Crippen LogP contribution in [-0.4, -0.2) is 60.7 Å². The molecule has 1 aromatic carbocycles. The summed E-state index contributed by atoms with van der Waals surface area (Å²) in [5, 5.41) is 0. The molecule has 3 heterocycles. The highest BCUT2D eigenvalue weighted by Crippen LogP contribution is 2.29. The van der Waals surface area contributed by atoms with Crippen LogP contribution in [0.15, 0.2) is 42.6 Å². The van der Waals surface area contributed by atoms with E-state index in [1.54, 1.807) is 13.0 Å². The number of carbonyl (C=O) groups is 2. The number of benzene rings is 1. The Bertz CT molecular complexity index is 835. The monoisotopic (exact) mass is 381 g/mol. The first-order chi connectivity index (χ1) is 13.7. The molecule has 2 aliphatic rings. The van der Waals surface area contributed by atoms with Crippen molar-refractivity contribution in [1.82, 2.24) is 9.88 Å². The highest BCUT2D eigenvalue weighted by atomic mass is 16.5. The first-order valence-electron chi connectivity index (χ1n) is 9.57. The number of piperazine rings is 1. The number of amides is 1. The minimum absolute atomic E-state index is 0.0430. The molecule has 2 aromatic rings. The molecule has 1 fully saturated rings. The maximum Gasteiger partial charge on any atom is 0.339 e. The Morgan fingerprint density at radius 1 is 1.14 bits per heavy atom. The van der Waals surface area contributed by atoms with Gasteiger partial charge in [0, 0.05) is 38.8 Å². The van der Waals surface area contributed by atoms with Gasteiger partial charge in [0.2, 0.25) is 0 Å². The number of esters is 1. The molecule has 0 radical (unpaired) electrons. The fourth-order valence-corrected chi connectivity index (χ4v) is 3.59. The number of hydrogen-bond acceptors (Lipinski definition) is 6. The smallest absolute Gasteiger partial charge is 0.339 e. The number of ether oxygens (including phenoxy) is 2. The van der Waals surface area contributed by atoms with Crippen LogP contribution < -0.4 is 9.64 Å². The van der Waals surface area contributed by atoms with Crippen LogP contribution in [0.4, 0.5) is 5.82 Å². The summed E-state index contributed by atoms with van der Waals surface area (Å²) in [6.45, 7) is 4.74. The Kier molecular flexibility index (Phi) is 5.14. The second kappa shape index (κ2) is 7.88. The number of hydrogen-bond donors (Lipinski definition) is 0. The molecular formula is C21H23N3O4. The van der Waals surface area contributed by atoms with Crippen LogP contribution in [-0.2, 0) is 16.0 Å². The number of anilines is 1. The van der Waals surface area contributed by atoms with Crippen molar-refractivity contribution >= 4 is 17.7 Å². The summed E-state index contributed by atoms with van der Waals surface area (Å²) in [5.74, 6) is 1.28. The molecule has 1 amide bonds. The molecule has 1 atom stereocenters. The van der Waals surface area contributed by atoms with Gasteiger partial charge in [-0.15, -0.1) is 0 Å². The Balaban J connectivity index is 1.32. The molecule has 0 bridgehead atoms. The zero-order chi connectivity index (χ0) is 19.5. The van der Waals surface area contributed by atoms with Crippen LogP contribution in [0.2, 0.25) is 0 Å². The summed E-state index contributed by atoms with van der Waals surface area (Å²) in [6, 6.07) is 11.3. The van der Waals surface area contributed by atoms with Gasteiger partial charge in [0.25, 0.3) is 5.91 Å². The molecule has 7 nitrogen and oxygen atoms in total. The lowest BCUT2D eigenvalue weighted by molar-refractivity contribution is -0.138. The van der Waals surface area contributed by atoms with E-state index in [4.69, 9.17) is 9.47 Å². The number of rotatable bonds is 4. The Labute approximate surface area is 163 Å². The fourth-order valence-electron chi connectivity index (χ4n) is 3.59. The molecule has 1 aromatic heterocycles. The first kappa shape index (κ1) is 18.3. The molecule has 0 aliphatic carbocycles. The van der Waals surface area contributed by atoms with Crippen molar-refractivity contribution in [3.63, 3.8) is 0 Å². The van der Waals surface area contributed by atoms with Crippen molar-refractivity contribution in [1.29, 1.82) is 0 Å². The van der Waals surface area contributed by atoms with Gasteiger partial charge < -0.3 is 19.3 Å². The lowest BCUT2D eigenvalue weighted by Crippen LogP contribution is -2.52. The van der Waals surface area contributed by atoms with Crippen molar-refractivity contribution < 1.29 is 19.1 Å². The minimum Gasteiger partial charge on any atom is -0.480 e. The predicted octanol–water partition coefficient (Wildman–Crippen LogP) is 1.91. The maximum atomic E-state index is 12.8. The average molecular weight is 381 g/mol. The molecule has 1 saturated heterocycles. The Morgan fingerprint density at radius 2 is 1.93 bits per heavy atom. The number of fused-ring (bicyclic) bond motifs is 1. The fraction of sp³-hybridized carbons (Fsp3) is 0.381. The zero-order valence-electron chi connectivity index (χ0n) is 15.8. The summed E-state index contributed by atoms with van der Waals surface area (Å²) in [5.41, 5.74) is 1.53. The molecule has 7 heteroatoms. The normalized spacial score (nSPS) is 18.4. The van der Waals surface area contributed by atoms with Gasteiger partial charge in [0.1, 0.15) is 11.6 Å². The number of para-hydroxylation sites is 1. The molecule has 0 spiro atoms. The van der Waals surface area contributed by atoms with Gasteiger partial charge in [0.15, 0.2) is 6.10 Å². The van der Waals surface area contributed by atoms with Gasteiger partial charge in [-0.05, 0) is 30.7 Å². The standard InChI is InChI=1S/C21H23N3O4/c1-2-27-21(26)16-7-8-19(22-14-16)23-9-11-24(12-10-23)20(25)18-13-15-5-3-4-6-17(15)28-18/h3-8,14,18H,2,9-13H2,1H3. The molecule has 2 aliphatic heterocycles. The van der Waals surface area contributed by atoms with Crippen LogP contribution in [0.25, 0.3) is 0 Å². The zero-order valence-corrected chi connectivity index (χ0v) is 15.8. The molecular weight excluding hydrogens is 358 g/mol. The lowest BCUT2D eigenvalue weighted by atomic mass is 10.1.